The van der Waals surface area contributed by atoms with E-state index in [1.807, 2.05) is 6.07 Å². The third-order valence-electron chi connectivity index (χ3n) is 7.24. The van der Waals surface area contributed by atoms with Gasteiger partial charge in [0.05, 0.1) is 17.8 Å². The van der Waals surface area contributed by atoms with Crippen molar-refractivity contribution in [2.45, 2.75) is 57.3 Å². The van der Waals surface area contributed by atoms with Gasteiger partial charge in [-0.15, -0.1) is 0 Å². The van der Waals surface area contributed by atoms with Crippen molar-refractivity contribution in [3.63, 3.8) is 0 Å². The van der Waals surface area contributed by atoms with E-state index in [0.717, 1.165) is 25.7 Å². The second-order valence-electron chi connectivity index (χ2n) is 9.20. The first kappa shape index (κ1) is 19.6. The minimum atomic E-state index is -0.528. The molecule has 4 nitrogen and oxygen atoms in total. The van der Waals surface area contributed by atoms with Crippen molar-refractivity contribution in [3.8, 4) is 11.5 Å². The summed E-state index contributed by atoms with van der Waals surface area (Å²) < 4.78 is 32.6. The molecule has 5 heteroatoms. The highest BCUT2D eigenvalue weighted by Gasteiger charge is 2.60. The predicted octanol–water partition coefficient (Wildman–Crippen LogP) is 5.41. The average molecular weight is 410 g/mol. The Bertz CT molecular complexity index is 923. The number of ether oxygens (including phenoxy) is 3. The molecule has 2 aromatic carbocycles. The molecule has 2 saturated heterocycles. The number of carbonyl (C=O) groups excluding carboxylic acids is 1. The van der Waals surface area contributed by atoms with Crippen molar-refractivity contribution in [2.24, 2.45) is 17.8 Å². The van der Waals surface area contributed by atoms with Crippen LogP contribution in [0, 0.1) is 23.6 Å². The minimum absolute atomic E-state index is 0.124. The van der Waals surface area contributed by atoms with E-state index < -0.39 is 17.4 Å². The molecule has 0 N–H and O–H groups in total. The second-order valence-corrected chi connectivity index (χ2v) is 9.20. The van der Waals surface area contributed by atoms with Crippen LogP contribution in [0.4, 0.5) is 4.39 Å². The van der Waals surface area contributed by atoms with Crippen LogP contribution in [0.3, 0.4) is 0 Å². The van der Waals surface area contributed by atoms with E-state index in [2.05, 4.69) is 13.8 Å². The normalized spacial score (nSPS) is 31.7. The first-order valence-corrected chi connectivity index (χ1v) is 10.9. The van der Waals surface area contributed by atoms with Crippen LogP contribution in [-0.2, 0) is 4.74 Å². The third kappa shape index (κ3) is 3.29. The van der Waals surface area contributed by atoms with Gasteiger partial charge in [0.25, 0.3) is 0 Å². The van der Waals surface area contributed by atoms with Crippen molar-refractivity contribution in [1.82, 2.24) is 0 Å². The van der Waals surface area contributed by atoms with Crippen LogP contribution in [0.15, 0.2) is 48.5 Å². The lowest BCUT2D eigenvalue weighted by Crippen LogP contribution is -2.40. The Labute approximate surface area is 176 Å². The van der Waals surface area contributed by atoms with Crippen molar-refractivity contribution < 1.29 is 23.4 Å². The Morgan fingerprint density at radius 2 is 1.73 bits per heavy atom. The molecule has 4 atom stereocenters. The molecular weight excluding hydrogens is 383 g/mol. The molecule has 2 aromatic rings. The van der Waals surface area contributed by atoms with E-state index in [-0.39, 0.29) is 17.2 Å². The van der Waals surface area contributed by atoms with Crippen LogP contribution < -0.4 is 9.47 Å². The van der Waals surface area contributed by atoms with Crippen molar-refractivity contribution in [2.75, 3.05) is 0 Å². The molecule has 4 unspecified atom stereocenters. The SMILES string of the molecule is CC(C)C1(Oc2cc(C(=O)Oc3ccccc3)ccc2F)CC2C3CCC(O3)C2C1. The van der Waals surface area contributed by atoms with Crippen molar-refractivity contribution >= 4 is 5.97 Å². The number of esters is 1. The summed E-state index contributed by atoms with van der Waals surface area (Å²) >= 11 is 0. The number of fused-ring (bicyclic) bond motifs is 5. The lowest BCUT2D eigenvalue weighted by molar-refractivity contribution is -0.00891. The third-order valence-corrected chi connectivity index (χ3v) is 7.24. The van der Waals surface area contributed by atoms with Crippen molar-refractivity contribution in [3.05, 3.63) is 59.9 Å². The number of carbonyl (C=O) groups is 1. The monoisotopic (exact) mass is 410 g/mol. The average Bonchev–Trinajstić information content (AvgIpc) is 3.43. The molecule has 0 amide bonds. The van der Waals surface area contributed by atoms with Gasteiger partial charge in [0.1, 0.15) is 11.4 Å². The maximum absolute atomic E-state index is 14.7. The van der Waals surface area contributed by atoms with E-state index in [9.17, 15) is 9.18 Å². The summed E-state index contributed by atoms with van der Waals surface area (Å²) in [6.45, 7) is 4.27. The number of para-hydroxylation sites is 1. The minimum Gasteiger partial charge on any atom is -0.484 e. The fourth-order valence-electron chi connectivity index (χ4n) is 5.57. The molecule has 3 aliphatic rings. The van der Waals surface area contributed by atoms with Gasteiger partial charge in [-0.2, -0.15) is 0 Å². The molecule has 0 spiro atoms. The fourth-order valence-corrected chi connectivity index (χ4v) is 5.57. The standard InChI is InChI=1S/C25H27FO4/c1-15(2)25(13-18-19(14-25)22-11-10-21(18)29-22)30-23-12-16(8-9-20(23)26)24(27)28-17-6-4-3-5-7-17/h3-9,12,15,18-19,21-22H,10-11,13-14H2,1-2H3. The van der Waals surface area contributed by atoms with Gasteiger partial charge in [-0.1, -0.05) is 32.0 Å². The van der Waals surface area contributed by atoms with Crippen LogP contribution >= 0.6 is 0 Å². The van der Waals surface area contributed by atoms with Gasteiger partial charge in [0.15, 0.2) is 11.6 Å². The number of hydrogen-bond donors (Lipinski definition) is 0. The lowest BCUT2D eigenvalue weighted by Gasteiger charge is -2.36. The summed E-state index contributed by atoms with van der Waals surface area (Å²) in [5.74, 6) is 0.788. The summed E-state index contributed by atoms with van der Waals surface area (Å²) in [7, 11) is 0. The molecular formula is C25H27FO4. The summed E-state index contributed by atoms with van der Waals surface area (Å²) in [6, 6.07) is 13.1. The predicted molar refractivity (Wildman–Crippen MR) is 110 cm³/mol. The van der Waals surface area contributed by atoms with Crippen LogP contribution in [0.5, 0.6) is 11.5 Å². The largest absolute Gasteiger partial charge is 0.484 e. The van der Waals surface area contributed by atoms with Gasteiger partial charge in [0, 0.05) is 0 Å². The zero-order chi connectivity index (χ0) is 20.9. The maximum atomic E-state index is 14.7. The quantitative estimate of drug-likeness (QED) is 0.489. The van der Waals surface area contributed by atoms with Gasteiger partial charge in [-0.05, 0) is 73.8 Å². The Kier molecular flexibility index (Phi) is 4.81. The van der Waals surface area contributed by atoms with Gasteiger partial charge in [-0.25, -0.2) is 9.18 Å². The smallest absolute Gasteiger partial charge is 0.343 e. The number of hydrogen-bond acceptors (Lipinski definition) is 4. The zero-order valence-electron chi connectivity index (χ0n) is 17.3. The van der Waals surface area contributed by atoms with Crippen LogP contribution in [0.25, 0.3) is 0 Å². The zero-order valence-corrected chi connectivity index (χ0v) is 17.3. The van der Waals surface area contributed by atoms with Gasteiger partial charge in [0.2, 0.25) is 0 Å². The van der Waals surface area contributed by atoms with E-state index in [1.165, 1.54) is 18.2 Å². The summed E-state index contributed by atoms with van der Waals surface area (Å²) in [6.07, 6.45) is 4.62. The molecule has 2 heterocycles. The van der Waals surface area contributed by atoms with Crippen LogP contribution in [0.2, 0.25) is 0 Å². The summed E-state index contributed by atoms with van der Waals surface area (Å²) in [4.78, 5) is 12.6. The second kappa shape index (κ2) is 7.38. The number of rotatable bonds is 5. The Morgan fingerprint density at radius 1 is 1.07 bits per heavy atom. The lowest BCUT2D eigenvalue weighted by atomic mass is 9.82. The highest BCUT2D eigenvalue weighted by molar-refractivity contribution is 5.91. The van der Waals surface area contributed by atoms with E-state index in [1.54, 1.807) is 24.3 Å². The fraction of sp³-hybridized carbons (Fsp3) is 0.480. The van der Waals surface area contributed by atoms with Gasteiger partial charge in [-0.3, -0.25) is 0 Å². The van der Waals surface area contributed by atoms with Crippen LogP contribution in [-0.4, -0.2) is 23.8 Å². The molecule has 3 fully saturated rings. The molecule has 2 bridgehead atoms. The highest BCUT2D eigenvalue weighted by atomic mass is 19.1. The molecule has 1 aliphatic carbocycles. The van der Waals surface area contributed by atoms with E-state index in [4.69, 9.17) is 14.2 Å². The summed E-state index contributed by atoms with van der Waals surface area (Å²) in [5.41, 5.74) is -0.168. The Morgan fingerprint density at radius 3 is 2.37 bits per heavy atom. The summed E-state index contributed by atoms with van der Waals surface area (Å²) in [5, 5.41) is 0. The molecule has 0 aromatic heterocycles. The number of benzene rings is 2. The van der Waals surface area contributed by atoms with Crippen molar-refractivity contribution in [1.29, 1.82) is 0 Å². The first-order valence-electron chi connectivity index (χ1n) is 10.9. The topological polar surface area (TPSA) is 44.8 Å². The Balaban J connectivity index is 1.38. The van der Waals surface area contributed by atoms with E-state index in [0.29, 0.717) is 29.8 Å². The molecule has 2 aliphatic heterocycles. The van der Waals surface area contributed by atoms with E-state index >= 15 is 0 Å². The van der Waals surface area contributed by atoms with Gasteiger partial charge < -0.3 is 14.2 Å². The highest BCUT2D eigenvalue weighted by Crippen LogP contribution is 2.57. The molecule has 158 valence electrons. The molecule has 30 heavy (non-hydrogen) atoms. The molecule has 5 rings (SSSR count). The maximum Gasteiger partial charge on any atom is 0.343 e. The molecule has 1 saturated carbocycles. The van der Waals surface area contributed by atoms with Crippen LogP contribution in [0.1, 0.15) is 49.9 Å². The number of halogens is 1. The first-order chi connectivity index (χ1) is 14.4. The van der Waals surface area contributed by atoms with Gasteiger partial charge >= 0.3 is 5.97 Å². The Hall–Kier alpha value is -2.40. The molecule has 0 radical (unpaired) electrons.